The number of fused-ring (bicyclic) bond motifs is 1. The van der Waals surface area contributed by atoms with Crippen LogP contribution in [0.1, 0.15) is 25.5 Å². The zero-order valence-corrected chi connectivity index (χ0v) is 14.7. The zero-order valence-electron chi connectivity index (χ0n) is 14.7. The first-order valence-corrected chi connectivity index (χ1v) is 7.87. The van der Waals surface area contributed by atoms with Crippen LogP contribution in [0.5, 0.6) is 11.5 Å². The van der Waals surface area contributed by atoms with E-state index in [0.717, 1.165) is 6.07 Å². The number of nitrogens with one attached hydrogen (secondary N) is 1. The molecule has 0 amide bonds. The highest BCUT2D eigenvalue weighted by atomic mass is 16.6. The van der Waals surface area contributed by atoms with E-state index >= 15 is 0 Å². The van der Waals surface area contributed by atoms with E-state index in [2.05, 4.69) is 20.8 Å². The predicted octanol–water partition coefficient (Wildman–Crippen LogP) is 1.15. The lowest BCUT2D eigenvalue weighted by Gasteiger charge is -2.27. The van der Waals surface area contributed by atoms with Crippen LogP contribution in [0.3, 0.4) is 0 Å². The van der Waals surface area contributed by atoms with Crippen molar-refractivity contribution in [3.05, 3.63) is 39.1 Å². The molecule has 1 aliphatic rings. The van der Waals surface area contributed by atoms with Crippen molar-refractivity contribution >= 4 is 17.6 Å². The highest BCUT2D eigenvalue weighted by Crippen LogP contribution is 2.43. The minimum atomic E-state index is -0.915. The van der Waals surface area contributed by atoms with Gasteiger partial charge in [0.25, 0.3) is 0 Å². The number of nitrogens with zero attached hydrogens (tertiary/aromatic N) is 5. The van der Waals surface area contributed by atoms with Gasteiger partial charge in [-0.3, -0.25) is 10.1 Å². The number of allylic oxidation sites excluding steroid dienone is 1. The van der Waals surface area contributed by atoms with Crippen LogP contribution in [-0.4, -0.2) is 49.9 Å². The highest BCUT2D eigenvalue weighted by Gasteiger charge is 2.36. The number of rotatable bonds is 5. The Bertz CT molecular complexity index is 952. The van der Waals surface area contributed by atoms with Crippen LogP contribution in [0.4, 0.5) is 11.6 Å². The first kappa shape index (κ1) is 18.1. The molecule has 0 fully saturated rings. The van der Waals surface area contributed by atoms with Crippen LogP contribution in [0, 0.1) is 10.1 Å². The lowest BCUT2D eigenvalue weighted by Crippen LogP contribution is -2.29. The lowest BCUT2D eigenvalue weighted by atomic mass is 9.95. The van der Waals surface area contributed by atoms with Crippen LogP contribution in [0.25, 0.3) is 0 Å². The van der Waals surface area contributed by atoms with Gasteiger partial charge in [-0.1, -0.05) is 5.10 Å². The molecule has 0 radical (unpaired) electrons. The number of aromatic nitrogens is 4. The number of tetrazole rings is 1. The number of phenolic OH excluding ortho intramolecular Hbond substituents is 1. The van der Waals surface area contributed by atoms with Gasteiger partial charge in [-0.05, 0) is 35.9 Å². The van der Waals surface area contributed by atoms with Gasteiger partial charge in [-0.15, -0.1) is 0 Å². The summed E-state index contributed by atoms with van der Waals surface area (Å²) >= 11 is 0. The third-order valence-corrected chi connectivity index (χ3v) is 4.01. The van der Waals surface area contributed by atoms with Gasteiger partial charge in [0, 0.05) is 11.8 Å². The number of hydrogen-bond donors (Lipinski definition) is 2. The summed E-state index contributed by atoms with van der Waals surface area (Å²) in [6.07, 6.45) is 0. The first-order valence-electron chi connectivity index (χ1n) is 7.87. The smallest absolute Gasteiger partial charge is 0.338 e. The van der Waals surface area contributed by atoms with Crippen LogP contribution >= 0.6 is 0 Å². The molecular weight excluding hydrogens is 360 g/mol. The van der Waals surface area contributed by atoms with Gasteiger partial charge in [0.05, 0.1) is 24.2 Å². The topological polar surface area (TPSA) is 155 Å². The van der Waals surface area contributed by atoms with Gasteiger partial charge in [-0.25, -0.2) is 4.79 Å². The molecular formula is C15H16N6O6. The molecule has 0 saturated carbocycles. The Morgan fingerprint density at radius 2 is 2.22 bits per heavy atom. The normalized spacial score (nSPS) is 15.7. The molecule has 0 aliphatic carbocycles. The predicted molar refractivity (Wildman–Crippen MR) is 90.2 cm³/mol. The Labute approximate surface area is 152 Å². The van der Waals surface area contributed by atoms with Gasteiger partial charge in [0.2, 0.25) is 11.7 Å². The maximum Gasteiger partial charge on any atom is 0.338 e. The second-order valence-electron chi connectivity index (χ2n) is 5.58. The molecule has 142 valence electrons. The molecule has 0 bridgehead atoms. The van der Waals surface area contributed by atoms with Crippen molar-refractivity contribution < 1.29 is 24.3 Å². The van der Waals surface area contributed by atoms with Crippen molar-refractivity contribution in [2.45, 2.75) is 19.9 Å². The molecule has 12 heteroatoms. The van der Waals surface area contributed by atoms with Gasteiger partial charge in [0.15, 0.2) is 5.75 Å². The number of methoxy groups -OCH3 is 1. The summed E-state index contributed by atoms with van der Waals surface area (Å²) in [7, 11) is 1.22. The zero-order chi connectivity index (χ0) is 19.7. The minimum Gasteiger partial charge on any atom is -0.500 e. The molecule has 1 aromatic carbocycles. The molecule has 12 nitrogen and oxygen atoms in total. The third-order valence-electron chi connectivity index (χ3n) is 4.01. The second kappa shape index (κ2) is 6.90. The van der Waals surface area contributed by atoms with E-state index in [1.807, 2.05) is 0 Å². The summed E-state index contributed by atoms with van der Waals surface area (Å²) in [6, 6.07) is 1.64. The molecule has 0 spiro atoms. The van der Waals surface area contributed by atoms with E-state index < -0.39 is 28.4 Å². The number of aromatic hydroxyl groups is 1. The van der Waals surface area contributed by atoms with Crippen LogP contribution in [-0.2, 0) is 9.53 Å². The molecule has 1 aromatic heterocycles. The number of nitro benzene ring substituents is 1. The molecule has 2 aromatic rings. The Hall–Kier alpha value is -3.70. The van der Waals surface area contributed by atoms with E-state index in [-0.39, 0.29) is 29.4 Å². The van der Waals surface area contributed by atoms with Crippen LogP contribution < -0.4 is 10.1 Å². The average Bonchev–Trinajstić information content (AvgIpc) is 3.09. The van der Waals surface area contributed by atoms with Crippen molar-refractivity contribution in [2.24, 2.45) is 0 Å². The molecule has 3 rings (SSSR count). The highest BCUT2D eigenvalue weighted by molar-refractivity contribution is 5.92. The van der Waals surface area contributed by atoms with Crippen molar-refractivity contribution in [3.8, 4) is 11.5 Å². The summed E-state index contributed by atoms with van der Waals surface area (Å²) in [6.45, 7) is 3.48. The van der Waals surface area contributed by atoms with E-state index in [9.17, 15) is 20.0 Å². The molecule has 0 saturated heterocycles. The fraction of sp³-hybridized carbons (Fsp3) is 0.333. The summed E-state index contributed by atoms with van der Waals surface area (Å²) in [5, 5.41) is 35.6. The maximum atomic E-state index is 12.4. The molecule has 1 aliphatic heterocycles. The van der Waals surface area contributed by atoms with Gasteiger partial charge in [-0.2, -0.15) is 4.68 Å². The molecule has 2 heterocycles. The Kier molecular flexibility index (Phi) is 4.62. The summed E-state index contributed by atoms with van der Waals surface area (Å²) in [5.74, 6) is -1.09. The first-order chi connectivity index (χ1) is 12.9. The number of anilines is 1. The minimum absolute atomic E-state index is 0.0864. The number of nitro groups is 1. The average molecular weight is 376 g/mol. The van der Waals surface area contributed by atoms with Gasteiger partial charge < -0.3 is 19.9 Å². The summed E-state index contributed by atoms with van der Waals surface area (Å²) < 4.78 is 11.5. The fourth-order valence-corrected chi connectivity index (χ4v) is 2.87. The third kappa shape index (κ3) is 3.01. The van der Waals surface area contributed by atoms with Crippen molar-refractivity contribution in [3.63, 3.8) is 0 Å². The maximum absolute atomic E-state index is 12.4. The Morgan fingerprint density at radius 3 is 2.85 bits per heavy atom. The largest absolute Gasteiger partial charge is 0.500 e. The molecule has 2 N–H and O–H groups in total. The van der Waals surface area contributed by atoms with Crippen molar-refractivity contribution in [1.82, 2.24) is 20.2 Å². The monoisotopic (exact) mass is 376 g/mol. The molecule has 27 heavy (non-hydrogen) atoms. The number of carbonyl (C=O) groups excluding carboxylic acids is 1. The molecule has 1 atom stereocenters. The number of esters is 1. The number of benzene rings is 1. The van der Waals surface area contributed by atoms with Crippen molar-refractivity contribution in [1.29, 1.82) is 0 Å². The van der Waals surface area contributed by atoms with Gasteiger partial charge in [0.1, 0.15) is 6.04 Å². The van der Waals surface area contributed by atoms with E-state index in [1.54, 1.807) is 13.8 Å². The van der Waals surface area contributed by atoms with E-state index in [1.165, 1.54) is 17.9 Å². The number of ether oxygens (including phenoxy) is 2. The van der Waals surface area contributed by atoms with Crippen molar-refractivity contribution in [2.75, 3.05) is 19.0 Å². The standard InChI is InChI=1S/C15H16N6O6/c1-4-27-10-6-8(5-9(13(10)22)21(24)25)12-11(14(23)26-3)7(2)16-15-17-18-19-20(12)15/h5-6,12,22H,4H2,1-3H3,(H,16,17,19)/t12-/m0/s1. The number of carbonyl (C=O) groups is 1. The summed E-state index contributed by atoms with van der Waals surface area (Å²) in [5.41, 5.74) is 0.311. The Morgan fingerprint density at radius 1 is 1.48 bits per heavy atom. The van der Waals surface area contributed by atoms with Crippen LogP contribution in [0.15, 0.2) is 23.4 Å². The fourth-order valence-electron chi connectivity index (χ4n) is 2.87. The quantitative estimate of drug-likeness (QED) is 0.441. The SMILES string of the molecule is CCOc1cc([C@H]2C(C(=O)OC)=C(C)Nc3nnnn32)cc([N+](=O)[O-])c1O. The lowest BCUT2D eigenvalue weighted by molar-refractivity contribution is -0.386. The van der Waals surface area contributed by atoms with E-state index in [0.29, 0.717) is 5.70 Å². The van der Waals surface area contributed by atoms with Gasteiger partial charge >= 0.3 is 11.7 Å². The summed E-state index contributed by atoms with van der Waals surface area (Å²) in [4.78, 5) is 23.0. The van der Waals surface area contributed by atoms with E-state index in [4.69, 9.17) is 9.47 Å². The molecule has 0 unspecified atom stereocenters. The number of phenols is 1. The van der Waals surface area contributed by atoms with Crippen LogP contribution in [0.2, 0.25) is 0 Å². The second-order valence-corrected chi connectivity index (χ2v) is 5.58. The Balaban J connectivity index is 2.27. The number of hydrogen-bond acceptors (Lipinski definition) is 10.